The molecule has 0 spiro atoms. The number of hydrogen-bond donors (Lipinski definition) is 1. The lowest BCUT2D eigenvalue weighted by Crippen LogP contribution is -2.51. The minimum absolute atomic E-state index is 0.158. The number of piperidine rings is 1. The van der Waals surface area contributed by atoms with Crippen molar-refractivity contribution in [1.29, 1.82) is 0 Å². The molecule has 0 radical (unpaired) electrons. The number of carbonyl (C=O) groups excluding carboxylic acids is 1. The monoisotopic (exact) mass is 320 g/mol. The van der Waals surface area contributed by atoms with Crippen molar-refractivity contribution in [2.24, 2.45) is 5.92 Å². The van der Waals surface area contributed by atoms with E-state index < -0.39 is 10.2 Å². The molecule has 8 heteroatoms. The Labute approximate surface area is 126 Å². The fourth-order valence-electron chi connectivity index (χ4n) is 3.05. The quantitative estimate of drug-likeness (QED) is 0.719. The fraction of sp³-hybridized carbons (Fsp3) is 0.923. The van der Waals surface area contributed by atoms with E-state index in [9.17, 15) is 18.3 Å². The van der Waals surface area contributed by atoms with Crippen molar-refractivity contribution in [2.45, 2.75) is 38.6 Å². The lowest BCUT2D eigenvalue weighted by molar-refractivity contribution is -0.149. The molecule has 2 saturated heterocycles. The van der Waals surface area contributed by atoms with Crippen LogP contribution in [0.3, 0.4) is 0 Å². The molecule has 2 unspecified atom stereocenters. The van der Waals surface area contributed by atoms with Gasteiger partial charge in [-0.1, -0.05) is 0 Å². The highest BCUT2D eigenvalue weighted by atomic mass is 32.2. The molecule has 1 N–H and O–H groups in total. The molecule has 7 nitrogen and oxygen atoms in total. The van der Waals surface area contributed by atoms with Gasteiger partial charge in [-0.3, -0.25) is 4.79 Å². The van der Waals surface area contributed by atoms with Crippen LogP contribution < -0.4 is 0 Å². The minimum atomic E-state index is -3.61. The van der Waals surface area contributed by atoms with Crippen LogP contribution in [0.5, 0.6) is 0 Å². The summed E-state index contributed by atoms with van der Waals surface area (Å²) in [6.45, 7) is 2.93. The zero-order valence-corrected chi connectivity index (χ0v) is 13.2. The standard InChI is InChI=1S/C13H24N2O5S/c1-2-20-13(17)11-5-3-7-14(9-11)21(18,19)15-8-4-6-12(15)10-16/h11-12,16H,2-10H2,1H3. The van der Waals surface area contributed by atoms with Crippen LogP contribution in [0.15, 0.2) is 0 Å². The highest BCUT2D eigenvalue weighted by molar-refractivity contribution is 7.86. The SMILES string of the molecule is CCOC(=O)C1CCCN(S(=O)(=O)N2CCCC2CO)C1. The molecule has 21 heavy (non-hydrogen) atoms. The molecule has 0 saturated carbocycles. The van der Waals surface area contributed by atoms with Gasteiger partial charge in [-0.05, 0) is 32.6 Å². The second kappa shape index (κ2) is 7.04. The van der Waals surface area contributed by atoms with E-state index in [0.717, 1.165) is 6.42 Å². The van der Waals surface area contributed by atoms with Gasteiger partial charge in [-0.15, -0.1) is 0 Å². The van der Waals surface area contributed by atoms with Crippen LogP contribution in [0.2, 0.25) is 0 Å². The van der Waals surface area contributed by atoms with Crippen LogP contribution in [0, 0.1) is 5.92 Å². The zero-order chi connectivity index (χ0) is 15.5. The average Bonchev–Trinajstić information content (AvgIpc) is 2.97. The third-order valence-corrected chi connectivity index (χ3v) is 6.22. The molecule has 2 atom stereocenters. The van der Waals surface area contributed by atoms with E-state index in [1.807, 2.05) is 0 Å². The van der Waals surface area contributed by atoms with Gasteiger partial charge >= 0.3 is 5.97 Å². The van der Waals surface area contributed by atoms with Gasteiger partial charge in [0.25, 0.3) is 10.2 Å². The number of hydrogen-bond acceptors (Lipinski definition) is 5. The first-order valence-electron chi connectivity index (χ1n) is 7.55. The Kier molecular flexibility index (Phi) is 5.59. The Morgan fingerprint density at radius 1 is 1.29 bits per heavy atom. The van der Waals surface area contributed by atoms with Crippen molar-refractivity contribution in [3.8, 4) is 0 Å². The van der Waals surface area contributed by atoms with E-state index in [4.69, 9.17) is 4.74 Å². The Morgan fingerprint density at radius 2 is 2.00 bits per heavy atom. The summed E-state index contributed by atoms with van der Waals surface area (Å²) >= 11 is 0. The van der Waals surface area contributed by atoms with Gasteiger partial charge in [0.2, 0.25) is 0 Å². The molecule has 0 aromatic carbocycles. The molecule has 2 aliphatic rings. The van der Waals surface area contributed by atoms with E-state index in [1.54, 1.807) is 6.92 Å². The third kappa shape index (κ3) is 3.56. The first-order valence-corrected chi connectivity index (χ1v) is 8.94. The normalized spacial score (nSPS) is 28.7. The topological polar surface area (TPSA) is 87.2 Å². The van der Waals surface area contributed by atoms with E-state index in [0.29, 0.717) is 39.0 Å². The Morgan fingerprint density at radius 3 is 2.67 bits per heavy atom. The van der Waals surface area contributed by atoms with Crippen molar-refractivity contribution in [1.82, 2.24) is 8.61 Å². The first kappa shape index (κ1) is 16.7. The van der Waals surface area contributed by atoms with E-state index in [2.05, 4.69) is 0 Å². The summed E-state index contributed by atoms with van der Waals surface area (Å²) < 4.78 is 33.1. The van der Waals surface area contributed by atoms with Gasteiger partial charge in [0.15, 0.2) is 0 Å². The molecule has 2 aliphatic heterocycles. The predicted molar refractivity (Wildman–Crippen MR) is 76.7 cm³/mol. The molecular formula is C13H24N2O5S. The van der Waals surface area contributed by atoms with Crippen LogP contribution in [0.4, 0.5) is 0 Å². The third-order valence-electron chi connectivity index (χ3n) is 4.16. The lowest BCUT2D eigenvalue weighted by Gasteiger charge is -2.35. The Balaban J connectivity index is 2.07. The summed E-state index contributed by atoms with van der Waals surface area (Å²) in [4.78, 5) is 11.8. The Bertz CT molecular complexity index is 467. The van der Waals surface area contributed by atoms with Crippen molar-refractivity contribution in [3.05, 3.63) is 0 Å². The maximum Gasteiger partial charge on any atom is 0.310 e. The van der Waals surface area contributed by atoms with Crippen LogP contribution in [0.1, 0.15) is 32.6 Å². The fourth-order valence-corrected chi connectivity index (χ4v) is 4.98. The molecule has 0 bridgehead atoms. The number of aliphatic hydroxyl groups excluding tert-OH is 1. The van der Waals surface area contributed by atoms with Crippen molar-refractivity contribution in [2.75, 3.05) is 32.8 Å². The van der Waals surface area contributed by atoms with Crippen molar-refractivity contribution < 1.29 is 23.1 Å². The van der Waals surface area contributed by atoms with Gasteiger partial charge < -0.3 is 9.84 Å². The first-order chi connectivity index (χ1) is 10.0. The van der Waals surface area contributed by atoms with Crippen molar-refractivity contribution in [3.63, 3.8) is 0 Å². The number of aliphatic hydroxyl groups is 1. The largest absolute Gasteiger partial charge is 0.466 e. The van der Waals surface area contributed by atoms with Gasteiger partial charge in [-0.2, -0.15) is 17.0 Å². The van der Waals surface area contributed by atoms with Gasteiger partial charge in [0, 0.05) is 25.7 Å². The van der Waals surface area contributed by atoms with Crippen LogP contribution in [-0.4, -0.2) is 67.0 Å². The second-order valence-corrected chi connectivity index (χ2v) is 7.43. The highest BCUT2D eigenvalue weighted by Gasteiger charge is 2.40. The molecular weight excluding hydrogens is 296 g/mol. The van der Waals surface area contributed by atoms with E-state index in [1.165, 1.54) is 8.61 Å². The van der Waals surface area contributed by atoms with Crippen LogP contribution in [-0.2, 0) is 19.7 Å². The summed E-state index contributed by atoms with van der Waals surface area (Å²) in [7, 11) is -3.61. The summed E-state index contributed by atoms with van der Waals surface area (Å²) in [5, 5.41) is 9.31. The maximum absolute atomic E-state index is 12.7. The molecule has 0 aromatic heterocycles. The van der Waals surface area contributed by atoms with Gasteiger partial charge in [0.05, 0.1) is 19.1 Å². The number of esters is 1. The predicted octanol–water partition coefficient (Wildman–Crippen LogP) is -0.0370. The van der Waals surface area contributed by atoms with E-state index in [-0.39, 0.29) is 31.1 Å². The molecule has 0 amide bonds. The summed E-state index contributed by atoms with van der Waals surface area (Å²) in [6, 6.07) is -0.335. The summed E-state index contributed by atoms with van der Waals surface area (Å²) in [5.41, 5.74) is 0. The molecule has 2 heterocycles. The molecule has 2 fully saturated rings. The molecule has 0 aliphatic carbocycles. The number of ether oxygens (including phenoxy) is 1. The zero-order valence-electron chi connectivity index (χ0n) is 12.4. The van der Waals surface area contributed by atoms with Crippen molar-refractivity contribution >= 4 is 16.2 Å². The number of carbonyl (C=O) groups is 1. The summed E-state index contributed by atoms with van der Waals surface area (Å²) in [6.07, 6.45) is 2.76. The molecule has 122 valence electrons. The van der Waals surface area contributed by atoms with E-state index >= 15 is 0 Å². The highest BCUT2D eigenvalue weighted by Crippen LogP contribution is 2.27. The summed E-state index contributed by atoms with van der Waals surface area (Å²) in [5.74, 6) is -0.707. The van der Waals surface area contributed by atoms with Crippen LogP contribution >= 0.6 is 0 Å². The molecule has 0 aromatic rings. The molecule has 2 rings (SSSR count). The number of rotatable bonds is 5. The van der Waals surface area contributed by atoms with Crippen LogP contribution in [0.25, 0.3) is 0 Å². The van der Waals surface area contributed by atoms with Gasteiger partial charge in [-0.25, -0.2) is 0 Å². The average molecular weight is 320 g/mol. The number of nitrogens with zero attached hydrogens (tertiary/aromatic N) is 2. The second-order valence-electron chi connectivity index (χ2n) is 5.55. The van der Waals surface area contributed by atoms with Gasteiger partial charge in [0.1, 0.15) is 0 Å². The minimum Gasteiger partial charge on any atom is -0.466 e. The lowest BCUT2D eigenvalue weighted by atomic mass is 10.0. The maximum atomic E-state index is 12.7. The Hall–Kier alpha value is -0.700. The smallest absolute Gasteiger partial charge is 0.310 e.